The van der Waals surface area contributed by atoms with Crippen LogP contribution in [0, 0.1) is 5.82 Å². The van der Waals surface area contributed by atoms with Gasteiger partial charge >= 0.3 is 0 Å². The Balaban J connectivity index is 2.36. The summed E-state index contributed by atoms with van der Waals surface area (Å²) in [6.45, 7) is 0. The van der Waals surface area contributed by atoms with Gasteiger partial charge in [0.1, 0.15) is 16.6 Å². The molecule has 0 aliphatic carbocycles. The van der Waals surface area contributed by atoms with E-state index in [4.69, 9.17) is 21.1 Å². The summed E-state index contributed by atoms with van der Waals surface area (Å²) in [6, 6.07) is 9.30. The zero-order chi connectivity index (χ0) is 15.4. The van der Waals surface area contributed by atoms with E-state index in [1.807, 2.05) is 0 Å². The Bertz CT molecular complexity index is 671. The van der Waals surface area contributed by atoms with Gasteiger partial charge in [-0.3, -0.25) is 4.79 Å². The number of hydrogen-bond acceptors (Lipinski definition) is 3. The molecule has 0 aliphatic heterocycles. The Morgan fingerprint density at radius 3 is 2.48 bits per heavy atom. The molecule has 110 valence electrons. The minimum absolute atomic E-state index is 0.0638. The van der Waals surface area contributed by atoms with Gasteiger partial charge in [0.05, 0.1) is 19.8 Å². The van der Waals surface area contributed by atoms with Gasteiger partial charge in [-0.25, -0.2) is 4.39 Å². The summed E-state index contributed by atoms with van der Waals surface area (Å²) in [5.41, 5.74) is 0.628. The monoisotopic (exact) mass is 308 g/mol. The first-order valence-corrected chi connectivity index (χ1v) is 6.63. The minimum atomic E-state index is -0.413. The summed E-state index contributed by atoms with van der Waals surface area (Å²) in [7, 11) is 2.89. The molecular formula is C16H14ClFO3. The number of hydrogen-bond donors (Lipinski definition) is 0. The number of methoxy groups -OCH3 is 2. The van der Waals surface area contributed by atoms with E-state index in [0.717, 1.165) is 0 Å². The quantitative estimate of drug-likeness (QED) is 0.785. The van der Waals surface area contributed by atoms with Gasteiger partial charge in [0.15, 0.2) is 11.5 Å². The van der Waals surface area contributed by atoms with Crippen molar-refractivity contribution in [1.82, 2.24) is 0 Å². The lowest BCUT2D eigenvalue weighted by Gasteiger charge is -2.12. The Morgan fingerprint density at radius 2 is 1.86 bits per heavy atom. The lowest BCUT2D eigenvalue weighted by molar-refractivity contribution is 0.0989. The molecular weight excluding hydrogens is 295 g/mol. The number of halogens is 2. The molecule has 0 saturated carbocycles. The average Bonchev–Trinajstić information content (AvgIpc) is 2.49. The third-order valence-corrected chi connectivity index (χ3v) is 3.45. The molecule has 0 fully saturated rings. The van der Waals surface area contributed by atoms with E-state index in [2.05, 4.69) is 0 Å². The molecule has 2 aromatic rings. The topological polar surface area (TPSA) is 35.5 Å². The van der Waals surface area contributed by atoms with Gasteiger partial charge in [0, 0.05) is 6.42 Å². The van der Waals surface area contributed by atoms with Crippen molar-refractivity contribution in [3.05, 3.63) is 58.4 Å². The molecule has 2 aromatic carbocycles. The number of carbonyl (C=O) groups is 1. The molecule has 5 heteroatoms. The molecule has 0 saturated heterocycles. The maximum absolute atomic E-state index is 13.6. The molecule has 0 spiro atoms. The van der Waals surface area contributed by atoms with Crippen molar-refractivity contribution in [3.63, 3.8) is 0 Å². The predicted molar refractivity (Wildman–Crippen MR) is 79.0 cm³/mol. The molecule has 0 amide bonds. The fourth-order valence-electron chi connectivity index (χ4n) is 2.02. The maximum Gasteiger partial charge on any atom is 0.171 e. The normalized spacial score (nSPS) is 10.3. The number of carbonyl (C=O) groups excluding carboxylic acids is 1. The summed E-state index contributed by atoms with van der Waals surface area (Å²) < 4.78 is 23.9. The molecule has 0 unspecified atom stereocenters. The zero-order valence-corrected chi connectivity index (χ0v) is 12.4. The number of ether oxygens (including phenoxy) is 2. The number of Topliss-reactive ketones (excluding diaryl/α,β-unsaturated/α-hetero) is 1. The van der Waals surface area contributed by atoms with E-state index in [0.29, 0.717) is 16.9 Å². The van der Waals surface area contributed by atoms with Gasteiger partial charge in [-0.2, -0.15) is 0 Å². The first kappa shape index (κ1) is 15.3. The fraction of sp³-hybridized carbons (Fsp3) is 0.188. The van der Waals surface area contributed by atoms with Gasteiger partial charge in [-0.05, 0) is 23.8 Å². The van der Waals surface area contributed by atoms with E-state index in [9.17, 15) is 9.18 Å². The largest absolute Gasteiger partial charge is 0.495 e. The smallest absolute Gasteiger partial charge is 0.171 e. The molecule has 3 nitrogen and oxygen atoms in total. The highest BCUT2D eigenvalue weighted by atomic mass is 35.5. The van der Waals surface area contributed by atoms with Crippen LogP contribution >= 0.6 is 11.6 Å². The SMILES string of the molecule is COc1ccc(C(=O)Cc2ccccc2F)c(OC)c1Cl. The molecule has 0 bridgehead atoms. The van der Waals surface area contributed by atoms with Crippen LogP contribution in [0.3, 0.4) is 0 Å². The number of ketones is 1. The van der Waals surface area contributed by atoms with Crippen LogP contribution in [-0.2, 0) is 6.42 Å². The van der Waals surface area contributed by atoms with Crippen LogP contribution in [0.25, 0.3) is 0 Å². The van der Waals surface area contributed by atoms with Crippen LogP contribution in [0.5, 0.6) is 11.5 Å². The predicted octanol–water partition coefficient (Wildman–Crippen LogP) is 3.92. The van der Waals surface area contributed by atoms with Crippen molar-refractivity contribution in [3.8, 4) is 11.5 Å². The van der Waals surface area contributed by atoms with Crippen LogP contribution < -0.4 is 9.47 Å². The molecule has 21 heavy (non-hydrogen) atoms. The molecule has 0 aliphatic rings. The molecule has 0 atom stereocenters. The van der Waals surface area contributed by atoms with Crippen molar-refractivity contribution >= 4 is 17.4 Å². The summed E-state index contributed by atoms with van der Waals surface area (Å²) in [4.78, 5) is 12.4. The second kappa shape index (κ2) is 6.59. The van der Waals surface area contributed by atoms with Crippen molar-refractivity contribution in [1.29, 1.82) is 0 Å². The minimum Gasteiger partial charge on any atom is -0.495 e. The van der Waals surface area contributed by atoms with Gasteiger partial charge in [0.25, 0.3) is 0 Å². The standard InChI is InChI=1S/C16H14ClFO3/c1-20-14-8-7-11(16(21-2)15(14)17)13(19)9-10-5-3-4-6-12(10)18/h3-8H,9H2,1-2H3. The highest BCUT2D eigenvalue weighted by Crippen LogP contribution is 2.37. The van der Waals surface area contributed by atoms with Gasteiger partial charge in [-0.1, -0.05) is 29.8 Å². The Morgan fingerprint density at radius 1 is 1.14 bits per heavy atom. The summed E-state index contributed by atoms with van der Waals surface area (Å²) in [6.07, 6.45) is -0.0638. The molecule has 0 radical (unpaired) electrons. The molecule has 0 heterocycles. The van der Waals surface area contributed by atoms with E-state index in [1.165, 1.54) is 20.3 Å². The zero-order valence-electron chi connectivity index (χ0n) is 11.7. The van der Waals surface area contributed by atoms with Crippen molar-refractivity contribution < 1.29 is 18.7 Å². The fourth-order valence-corrected chi connectivity index (χ4v) is 2.34. The summed E-state index contributed by atoms with van der Waals surface area (Å²) in [5, 5.41) is 0.222. The highest BCUT2D eigenvalue weighted by Gasteiger charge is 2.19. The van der Waals surface area contributed by atoms with Crippen molar-refractivity contribution in [2.45, 2.75) is 6.42 Å². The number of rotatable bonds is 5. The molecule has 0 aromatic heterocycles. The highest BCUT2D eigenvalue weighted by molar-refractivity contribution is 6.34. The van der Waals surface area contributed by atoms with Crippen molar-refractivity contribution in [2.75, 3.05) is 14.2 Å². The van der Waals surface area contributed by atoms with Crippen LogP contribution in [0.4, 0.5) is 4.39 Å². The van der Waals surface area contributed by atoms with E-state index in [1.54, 1.807) is 30.3 Å². The second-order valence-electron chi connectivity index (χ2n) is 4.35. The number of benzene rings is 2. The summed E-state index contributed by atoms with van der Waals surface area (Å²) >= 11 is 6.12. The molecule has 2 rings (SSSR count). The average molecular weight is 309 g/mol. The van der Waals surface area contributed by atoms with E-state index >= 15 is 0 Å². The Hall–Kier alpha value is -2.07. The Labute approximate surface area is 127 Å². The van der Waals surface area contributed by atoms with E-state index < -0.39 is 5.82 Å². The summed E-state index contributed by atoms with van der Waals surface area (Å²) in [5.74, 6) is -0.0424. The van der Waals surface area contributed by atoms with Crippen LogP contribution in [0.2, 0.25) is 5.02 Å². The first-order valence-electron chi connectivity index (χ1n) is 6.25. The van der Waals surface area contributed by atoms with E-state index in [-0.39, 0.29) is 23.0 Å². The lowest BCUT2D eigenvalue weighted by atomic mass is 10.0. The van der Waals surface area contributed by atoms with Gasteiger partial charge < -0.3 is 9.47 Å². The second-order valence-corrected chi connectivity index (χ2v) is 4.73. The van der Waals surface area contributed by atoms with Crippen LogP contribution in [0.15, 0.2) is 36.4 Å². The Kier molecular flexibility index (Phi) is 4.81. The first-order chi connectivity index (χ1) is 10.1. The lowest BCUT2D eigenvalue weighted by Crippen LogP contribution is -2.08. The van der Waals surface area contributed by atoms with Crippen LogP contribution in [-0.4, -0.2) is 20.0 Å². The van der Waals surface area contributed by atoms with Gasteiger partial charge in [-0.15, -0.1) is 0 Å². The maximum atomic E-state index is 13.6. The molecule has 0 N–H and O–H groups in total. The van der Waals surface area contributed by atoms with Gasteiger partial charge in [0.2, 0.25) is 0 Å². The van der Waals surface area contributed by atoms with Crippen molar-refractivity contribution in [2.24, 2.45) is 0 Å². The third-order valence-electron chi connectivity index (χ3n) is 3.09. The third kappa shape index (κ3) is 3.16. The van der Waals surface area contributed by atoms with Crippen LogP contribution in [0.1, 0.15) is 15.9 Å².